The second-order valence-corrected chi connectivity index (χ2v) is 6.33. The molecule has 1 aliphatic carbocycles. The smallest absolute Gasteiger partial charge is 0.0764 e. The maximum Gasteiger partial charge on any atom is 0.0764 e. The molecule has 114 valence electrons. The SMILES string of the molecule is COCCN(CCBr)Cc1ccn(C2CCCCC2)n1. The van der Waals surface area contributed by atoms with Crippen LogP contribution in [-0.2, 0) is 11.3 Å². The largest absolute Gasteiger partial charge is 0.383 e. The zero-order chi connectivity index (χ0) is 14.2. The summed E-state index contributed by atoms with van der Waals surface area (Å²) in [5, 5.41) is 5.77. The van der Waals surface area contributed by atoms with Crippen molar-refractivity contribution >= 4 is 15.9 Å². The second kappa shape index (κ2) is 8.80. The van der Waals surface area contributed by atoms with E-state index in [1.165, 1.54) is 37.8 Å². The van der Waals surface area contributed by atoms with Crippen LogP contribution >= 0.6 is 15.9 Å². The van der Waals surface area contributed by atoms with Crippen LogP contribution < -0.4 is 0 Å². The fraction of sp³-hybridized carbons (Fsp3) is 0.800. The number of hydrogen-bond donors (Lipinski definition) is 0. The molecule has 1 heterocycles. The molecule has 0 bridgehead atoms. The molecule has 5 heteroatoms. The van der Waals surface area contributed by atoms with E-state index >= 15 is 0 Å². The Kier molecular flexibility index (Phi) is 7.03. The Hall–Kier alpha value is -0.390. The molecule has 0 N–H and O–H groups in total. The fourth-order valence-corrected chi connectivity index (χ4v) is 3.35. The monoisotopic (exact) mass is 343 g/mol. The number of alkyl halides is 1. The quantitative estimate of drug-likeness (QED) is 0.679. The molecule has 20 heavy (non-hydrogen) atoms. The van der Waals surface area contributed by atoms with E-state index in [0.717, 1.165) is 31.6 Å². The van der Waals surface area contributed by atoms with Crippen molar-refractivity contribution in [1.29, 1.82) is 0 Å². The van der Waals surface area contributed by atoms with E-state index in [-0.39, 0.29) is 0 Å². The highest BCUT2D eigenvalue weighted by atomic mass is 79.9. The summed E-state index contributed by atoms with van der Waals surface area (Å²) in [7, 11) is 1.75. The van der Waals surface area contributed by atoms with E-state index in [1.54, 1.807) is 7.11 Å². The van der Waals surface area contributed by atoms with Crippen LogP contribution in [0.4, 0.5) is 0 Å². The second-order valence-electron chi connectivity index (χ2n) is 5.54. The van der Waals surface area contributed by atoms with Crippen molar-refractivity contribution in [2.75, 3.05) is 32.1 Å². The first-order chi connectivity index (χ1) is 9.83. The molecule has 0 saturated heterocycles. The maximum absolute atomic E-state index is 5.17. The third kappa shape index (κ3) is 4.86. The minimum Gasteiger partial charge on any atom is -0.383 e. The molecule has 2 rings (SSSR count). The zero-order valence-corrected chi connectivity index (χ0v) is 14.0. The predicted molar refractivity (Wildman–Crippen MR) is 85.3 cm³/mol. The summed E-state index contributed by atoms with van der Waals surface area (Å²) in [6.07, 6.45) is 8.83. The molecular formula is C15H26BrN3O. The summed E-state index contributed by atoms with van der Waals surface area (Å²) in [6.45, 7) is 3.67. The highest BCUT2D eigenvalue weighted by Crippen LogP contribution is 2.27. The molecule has 1 aromatic rings. The standard InChI is InChI=1S/C15H26BrN3O/c1-20-12-11-18(10-8-16)13-14-7-9-19(17-14)15-5-3-2-4-6-15/h7,9,15H,2-6,8,10-13H2,1H3. The maximum atomic E-state index is 5.17. The van der Waals surface area contributed by atoms with E-state index in [4.69, 9.17) is 9.84 Å². The average Bonchev–Trinajstić information content (AvgIpc) is 2.94. The molecule has 1 aliphatic rings. The van der Waals surface area contributed by atoms with E-state index < -0.39 is 0 Å². The van der Waals surface area contributed by atoms with Gasteiger partial charge in [0.05, 0.1) is 18.3 Å². The lowest BCUT2D eigenvalue weighted by atomic mass is 9.96. The Labute approximate surface area is 130 Å². The summed E-state index contributed by atoms with van der Waals surface area (Å²) >= 11 is 3.51. The molecule has 0 amide bonds. The molecule has 1 aromatic heterocycles. The molecule has 1 saturated carbocycles. The Morgan fingerprint density at radius 2 is 2.15 bits per heavy atom. The van der Waals surface area contributed by atoms with Crippen molar-refractivity contribution in [3.63, 3.8) is 0 Å². The van der Waals surface area contributed by atoms with Gasteiger partial charge in [-0.25, -0.2) is 0 Å². The molecule has 4 nitrogen and oxygen atoms in total. The van der Waals surface area contributed by atoms with Crippen molar-refractivity contribution in [2.24, 2.45) is 0 Å². The van der Waals surface area contributed by atoms with Crippen molar-refractivity contribution in [2.45, 2.75) is 44.7 Å². The van der Waals surface area contributed by atoms with Gasteiger partial charge in [-0.1, -0.05) is 35.2 Å². The van der Waals surface area contributed by atoms with Gasteiger partial charge in [-0.15, -0.1) is 0 Å². The molecule has 0 atom stereocenters. The Morgan fingerprint density at radius 3 is 2.85 bits per heavy atom. The summed E-state index contributed by atoms with van der Waals surface area (Å²) in [6, 6.07) is 2.80. The van der Waals surface area contributed by atoms with Gasteiger partial charge < -0.3 is 4.74 Å². The Morgan fingerprint density at radius 1 is 1.35 bits per heavy atom. The zero-order valence-electron chi connectivity index (χ0n) is 12.4. The number of rotatable bonds is 8. The third-order valence-electron chi connectivity index (χ3n) is 4.01. The number of aromatic nitrogens is 2. The minimum absolute atomic E-state index is 0.626. The van der Waals surface area contributed by atoms with Gasteiger partial charge in [-0.05, 0) is 18.9 Å². The van der Waals surface area contributed by atoms with Crippen LogP contribution in [0.15, 0.2) is 12.3 Å². The topological polar surface area (TPSA) is 30.3 Å². The lowest BCUT2D eigenvalue weighted by Gasteiger charge is -2.22. The van der Waals surface area contributed by atoms with Gasteiger partial charge in [0.2, 0.25) is 0 Å². The van der Waals surface area contributed by atoms with Gasteiger partial charge >= 0.3 is 0 Å². The number of hydrogen-bond acceptors (Lipinski definition) is 3. The summed E-state index contributed by atoms with van der Waals surface area (Å²) in [4.78, 5) is 2.38. The van der Waals surface area contributed by atoms with E-state index in [2.05, 4.69) is 37.8 Å². The van der Waals surface area contributed by atoms with E-state index in [0.29, 0.717) is 6.04 Å². The minimum atomic E-state index is 0.626. The van der Waals surface area contributed by atoms with Crippen LogP contribution in [0.1, 0.15) is 43.8 Å². The van der Waals surface area contributed by atoms with Crippen LogP contribution in [-0.4, -0.2) is 46.8 Å². The van der Waals surface area contributed by atoms with Gasteiger partial charge in [-0.2, -0.15) is 5.10 Å². The molecule has 1 fully saturated rings. The predicted octanol–water partition coefficient (Wildman–Crippen LogP) is 3.23. The van der Waals surface area contributed by atoms with E-state index in [9.17, 15) is 0 Å². The Bertz CT molecular complexity index is 377. The van der Waals surface area contributed by atoms with Crippen molar-refractivity contribution in [1.82, 2.24) is 14.7 Å². The van der Waals surface area contributed by atoms with Crippen LogP contribution in [0.25, 0.3) is 0 Å². The lowest BCUT2D eigenvalue weighted by molar-refractivity contribution is 0.147. The van der Waals surface area contributed by atoms with E-state index in [1.807, 2.05) is 0 Å². The number of ether oxygens (including phenoxy) is 1. The highest BCUT2D eigenvalue weighted by Gasteiger charge is 2.16. The number of methoxy groups -OCH3 is 1. The third-order valence-corrected chi connectivity index (χ3v) is 4.37. The molecule has 0 spiro atoms. The summed E-state index contributed by atoms with van der Waals surface area (Å²) < 4.78 is 7.37. The first-order valence-electron chi connectivity index (χ1n) is 7.64. The van der Waals surface area contributed by atoms with Gasteiger partial charge in [0, 0.05) is 38.3 Å². The van der Waals surface area contributed by atoms with Crippen LogP contribution in [0, 0.1) is 0 Å². The van der Waals surface area contributed by atoms with Crippen molar-refractivity contribution in [3.8, 4) is 0 Å². The molecule has 0 radical (unpaired) electrons. The highest BCUT2D eigenvalue weighted by molar-refractivity contribution is 9.09. The van der Waals surface area contributed by atoms with Gasteiger partial charge in [0.25, 0.3) is 0 Å². The molecular weight excluding hydrogens is 318 g/mol. The summed E-state index contributed by atoms with van der Waals surface area (Å²) in [5.41, 5.74) is 1.17. The molecule has 0 unspecified atom stereocenters. The van der Waals surface area contributed by atoms with Crippen LogP contribution in [0.3, 0.4) is 0 Å². The number of halogens is 1. The normalized spacial score (nSPS) is 16.9. The first kappa shape index (κ1) is 16.0. The van der Waals surface area contributed by atoms with Gasteiger partial charge in [-0.3, -0.25) is 9.58 Å². The molecule has 0 aliphatic heterocycles. The Balaban J connectivity index is 1.89. The lowest BCUT2D eigenvalue weighted by Crippen LogP contribution is -2.29. The fourth-order valence-electron chi connectivity index (χ4n) is 2.85. The summed E-state index contributed by atoms with van der Waals surface area (Å²) in [5.74, 6) is 0. The van der Waals surface area contributed by atoms with Crippen LogP contribution in [0.5, 0.6) is 0 Å². The van der Waals surface area contributed by atoms with Gasteiger partial charge in [0.1, 0.15) is 0 Å². The molecule has 0 aromatic carbocycles. The van der Waals surface area contributed by atoms with Crippen LogP contribution in [0.2, 0.25) is 0 Å². The van der Waals surface area contributed by atoms with Crippen molar-refractivity contribution in [3.05, 3.63) is 18.0 Å². The average molecular weight is 344 g/mol. The first-order valence-corrected chi connectivity index (χ1v) is 8.77. The van der Waals surface area contributed by atoms with Crippen molar-refractivity contribution < 1.29 is 4.74 Å². The van der Waals surface area contributed by atoms with Gasteiger partial charge in [0.15, 0.2) is 0 Å². The number of nitrogens with zero attached hydrogens (tertiary/aromatic N) is 3.